The summed E-state index contributed by atoms with van der Waals surface area (Å²) in [5.41, 5.74) is 0.491. The molecule has 0 unspecified atom stereocenters. The minimum atomic E-state index is 0.491. The van der Waals surface area contributed by atoms with Crippen LogP contribution in [0.25, 0.3) is 0 Å². The van der Waals surface area contributed by atoms with E-state index in [4.69, 9.17) is 0 Å². The molecule has 1 aromatic rings. The topological polar surface area (TPSA) is 37.8 Å². The Balaban J connectivity index is 2.01. The highest BCUT2D eigenvalue weighted by molar-refractivity contribution is 9.10. The van der Waals surface area contributed by atoms with Crippen LogP contribution in [0.5, 0.6) is 0 Å². The minimum Gasteiger partial charge on any atom is -0.369 e. The van der Waals surface area contributed by atoms with Crippen LogP contribution in [0.2, 0.25) is 0 Å². The number of aromatic nitrogens is 2. The van der Waals surface area contributed by atoms with Gasteiger partial charge in [-0.1, -0.05) is 19.8 Å². The van der Waals surface area contributed by atoms with E-state index < -0.39 is 0 Å². The molecule has 1 aliphatic rings. The van der Waals surface area contributed by atoms with Crippen molar-refractivity contribution >= 4 is 21.7 Å². The van der Waals surface area contributed by atoms with Gasteiger partial charge in [0.1, 0.15) is 16.2 Å². The van der Waals surface area contributed by atoms with E-state index >= 15 is 0 Å². The smallest absolute Gasteiger partial charge is 0.130 e. The van der Waals surface area contributed by atoms with Gasteiger partial charge in [-0.15, -0.1) is 0 Å². The van der Waals surface area contributed by atoms with Crippen LogP contribution in [0.3, 0.4) is 0 Å². The summed E-state index contributed by atoms with van der Waals surface area (Å²) in [5, 5.41) is 3.48. The van der Waals surface area contributed by atoms with Gasteiger partial charge in [-0.2, -0.15) is 0 Å². The molecule has 0 aliphatic heterocycles. The molecule has 1 fully saturated rings. The zero-order valence-electron chi connectivity index (χ0n) is 10.6. The third-order valence-electron chi connectivity index (χ3n) is 3.87. The molecule has 1 N–H and O–H groups in total. The highest BCUT2D eigenvalue weighted by atomic mass is 79.9. The first-order valence-corrected chi connectivity index (χ1v) is 7.18. The van der Waals surface area contributed by atoms with Gasteiger partial charge in [-0.25, -0.2) is 9.97 Å². The van der Waals surface area contributed by atoms with Crippen LogP contribution in [-0.2, 0) is 0 Å². The van der Waals surface area contributed by atoms with Crippen LogP contribution < -0.4 is 5.32 Å². The lowest BCUT2D eigenvalue weighted by Crippen LogP contribution is -2.26. The predicted octanol–water partition coefficient (Wildman–Crippen LogP) is 3.93. The quantitative estimate of drug-likeness (QED) is 0.856. The van der Waals surface area contributed by atoms with Crippen molar-refractivity contribution in [2.24, 2.45) is 5.41 Å². The molecule has 1 saturated carbocycles. The maximum atomic E-state index is 4.41. The molecule has 0 amide bonds. The number of rotatable bonds is 4. The van der Waals surface area contributed by atoms with Gasteiger partial charge in [-0.3, -0.25) is 0 Å². The fourth-order valence-electron chi connectivity index (χ4n) is 2.68. The molecule has 1 heterocycles. The second kappa shape index (κ2) is 5.34. The van der Waals surface area contributed by atoms with E-state index in [9.17, 15) is 0 Å². The summed E-state index contributed by atoms with van der Waals surface area (Å²) in [6.45, 7) is 5.25. The van der Waals surface area contributed by atoms with Crippen LogP contribution in [0, 0.1) is 12.3 Å². The van der Waals surface area contributed by atoms with E-state index in [-0.39, 0.29) is 0 Å². The maximum Gasteiger partial charge on any atom is 0.130 e. The summed E-state index contributed by atoms with van der Waals surface area (Å²) in [6, 6.07) is 1.95. The summed E-state index contributed by atoms with van der Waals surface area (Å²) in [7, 11) is 0. The van der Waals surface area contributed by atoms with E-state index in [0.717, 1.165) is 22.8 Å². The molecule has 2 rings (SSSR count). The number of halogens is 1. The van der Waals surface area contributed by atoms with Crippen molar-refractivity contribution in [3.8, 4) is 0 Å². The van der Waals surface area contributed by atoms with E-state index in [1.54, 1.807) is 0 Å². The van der Waals surface area contributed by atoms with Crippen LogP contribution in [0.1, 0.15) is 44.9 Å². The molecule has 4 heteroatoms. The summed E-state index contributed by atoms with van der Waals surface area (Å²) in [4.78, 5) is 8.63. The van der Waals surface area contributed by atoms with E-state index in [1.807, 2.05) is 13.0 Å². The van der Waals surface area contributed by atoms with Gasteiger partial charge in [0.15, 0.2) is 0 Å². The molecule has 1 aromatic heterocycles. The molecule has 94 valence electrons. The number of anilines is 1. The van der Waals surface area contributed by atoms with Crippen molar-refractivity contribution in [1.29, 1.82) is 0 Å². The molecule has 0 saturated heterocycles. The van der Waals surface area contributed by atoms with Gasteiger partial charge in [0, 0.05) is 12.6 Å². The van der Waals surface area contributed by atoms with Gasteiger partial charge in [0.2, 0.25) is 0 Å². The standard InChI is InChI=1S/C13H20BrN3/c1-3-13(6-4-5-7-13)9-15-12-8-11(14)16-10(2)17-12/h8H,3-7,9H2,1-2H3,(H,15,16,17). The number of nitrogens with one attached hydrogen (secondary N) is 1. The van der Waals surface area contributed by atoms with E-state index in [1.165, 1.54) is 32.1 Å². The maximum absolute atomic E-state index is 4.41. The fourth-order valence-corrected chi connectivity index (χ4v) is 3.15. The normalized spacial score (nSPS) is 18.3. The minimum absolute atomic E-state index is 0.491. The molecule has 1 aliphatic carbocycles. The van der Waals surface area contributed by atoms with Crippen LogP contribution in [-0.4, -0.2) is 16.5 Å². The first-order valence-electron chi connectivity index (χ1n) is 6.39. The lowest BCUT2D eigenvalue weighted by Gasteiger charge is -2.27. The summed E-state index contributed by atoms with van der Waals surface area (Å²) < 4.78 is 0.851. The second-order valence-electron chi connectivity index (χ2n) is 5.04. The van der Waals surface area contributed by atoms with Crippen LogP contribution in [0.4, 0.5) is 5.82 Å². The molecule has 0 bridgehead atoms. The number of hydrogen-bond acceptors (Lipinski definition) is 3. The van der Waals surface area contributed by atoms with Crippen LogP contribution in [0.15, 0.2) is 10.7 Å². The Labute approximate surface area is 112 Å². The third-order valence-corrected chi connectivity index (χ3v) is 4.27. The highest BCUT2D eigenvalue weighted by Gasteiger charge is 2.31. The highest BCUT2D eigenvalue weighted by Crippen LogP contribution is 2.40. The Morgan fingerprint density at radius 1 is 1.35 bits per heavy atom. The third kappa shape index (κ3) is 3.18. The van der Waals surface area contributed by atoms with Crippen molar-refractivity contribution in [2.75, 3.05) is 11.9 Å². The Bertz CT molecular complexity index is 366. The molecular formula is C13H20BrN3. The van der Waals surface area contributed by atoms with Crippen LogP contribution >= 0.6 is 15.9 Å². The molecule has 17 heavy (non-hydrogen) atoms. The summed E-state index contributed by atoms with van der Waals surface area (Å²) in [6.07, 6.45) is 6.71. The largest absolute Gasteiger partial charge is 0.369 e. The number of hydrogen-bond donors (Lipinski definition) is 1. The Morgan fingerprint density at radius 3 is 2.65 bits per heavy atom. The Hall–Kier alpha value is -0.640. The zero-order valence-corrected chi connectivity index (χ0v) is 12.2. The van der Waals surface area contributed by atoms with Crippen molar-refractivity contribution < 1.29 is 0 Å². The summed E-state index contributed by atoms with van der Waals surface area (Å²) >= 11 is 3.41. The first-order chi connectivity index (χ1) is 8.13. The molecule has 0 aromatic carbocycles. The molecule has 0 atom stereocenters. The lowest BCUT2D eigenvalue weighted by atomic mass is 9.83. The average molecular weight is 298 g/mol. The van der Waals surface area contributed by atoms with Gasteiger partial charge in [0.25, 0.3) is 0 Å². The molecular weight excluding hydrogens is 278 g/mol. The molecule has 0 spiro atoms. The Morgan fingerprint density at radius 2 is 2.06 bits per heavy atom. The van der Waals surface area contributed by atoms with Crippen molar-refractivity contribution in [2.45, 2.75) is 46.0 Å². The average Bonchev–Trinajstić information content (AvgIpc) is 2.74. The summed E-state index contributed by atoms with van der Waals surface area (Å²) in [5.74, 6) is 1.74. The number of nitrogens with zero attached hydrogens (tertiary/aromatic N) is 2. The van der Waals surface area contributed by atoms with E-state index in [0.29, 0.717) is 5.41 Å². The SMILES string of the molecule is CCC1(CNc2cc(Br)nc(C)n2)CCCC1. The van der Waals surface area contributed by atoms with E-state index in [2.05, 4.69) is 38.1 Å². The van der Waals surface area contributed by atoms with Crippen molar-refractivity contribution in [3.63, 3.8) is 0 Å². The van der Waals surface area contributed by atoms with Gasteiger partial charge in [0.05, 0.1) is 0 Å². The predicted molar refractivity (Wildman–Crippen MR) is 74.2 cm³/mol. The molecule has 3 nitrogen and oxygen atoms in total. The van der Waals surface area contributed by atoms with Gasteiger partial charge in [-0.05, 0) is 47.5 Å². The van der Waals surface area contributed by atoms with Gasteiger partial charge >= 0.3 is 0 Å². The molecule has 0 radical (unpaired) electrons. The lowest BCUT2D eigenvalue weighted by molar-refractivity contribution is 0.306. The Kier molecular flexibility index (Phi) is 4.02. The van der Waals surface area contributed by atoms with Crippen molar-refractivity contribution in [3.05, 3.63) is 16.5 Å². The zero-order chi connectivity index (χ0) is 12.3. The monoisotopic (exact) mass is 297 g/mol. The van der Waals surface area contributed by atoms with Crippen molar-refractivity contribution in [1.82, 2.24) is 9.97 Å². The second-order valence-corrected chi connectivity index (χ2v) is 5.85. The fraction of sp³-hybridized carbons (Fsp3) is 0.692. The van der Waals surface area contributed by atoms with Gasteiger partial charge < -0.3 is 5.32 Å². The number of aryl methyl sites for hydroxylation is 1. The first kappa shape index (κ1) is 12.8.